The zero-order chi connectivity index (χ0) is 20.4. The summed E-state index contributed by atoms with van der Waals surface area (Å²) in [6, 6.07) is 7.98. The van der Waals surface area contributed by atoms with E-state index in [1.54, 1.807) is 24.4 Å². The van der Waals surface area contributed by atoms with Gasteiger partial charge in [0.05, 0.1) is 30.3 Å². The monoisotopic (exact) mass is 415 g/mol. The number of ether oxygens (including phenoxy) is 2. The predicted octanol–water partition coefficient (Wildman–Crippen LogP) is 3.41. The molecular weight excluding hydrogens is 393 g/mol. The molecule has 4 rings (SSSR count). The third-order valence-electron chi connectivity index (χ3n) is 4.79. The second-order valence-electron chi connectivity index (χ2n) is 7.25. The first kappa shape index (κ1) is 20.0. The molecule has 0 bridgehead atoms. The fourth-order valence-electron chi connectivity index (χ4n) is 3.00. The number of rotatable bonds is 5. The first-order valence-corrected chi connectivity index (χ1v) is 10.4. The van der Waals surface area contributed by atoms with Crippen LogP contribution in [0.1, 0.15) is 19.0 Å². The Kier molecular flexibility index (Phi) is 5.64. The molecular formula is C20H22FN5O2S. The highest BCUT2D eigenvalue weighted by atomic mass is 32.2. The Morgan fingerprint density at radius 1 is 1.21 bits per heavy atom. The largest absolute Gasteiger partial charge is 0.345 e. The summed E-state index contributed by atoms with van der Waals surface area (Å²) in [6.07, 6.45) is 2.98. The van der Waals surface area contributed by atoms with E-state index in [9.17, 15) is 4.39 Å². The molecule has 1 fully saturated rings. The van der Waals surface area contributed by atoms with E-state index in [0.29, 0.717) is 47.8 Å². The number of aromatic amines is 1. The van der Waals surface area contributed by atoms with Gasteiger partial charge in [0.2, 0.25) is 6.29 Å². The van der Waals surface area contributed by atoms with Crippen LogP contribution >= 0.6 is 11.8 Å². The van der Waals surface area contributed by atoms with Crippen molar-refractivity contribution in [1.82, 2.24) is 19.9 Å². The van der Waals surface area contributed by atoms with Gasteiger partial charge in [0.25, 0.3) is 0 Å². The van der Waals surface area contributed by atoms with Crippen molar-refractivity contribution >= 4 is 11.8 Å². The fraction of sp³-hybridized carbons (Fsp3) is 0.350. The lowest BCUT2D eigenvalue weighted by Crippen LogP contribution is -2.42. The number of hydrogen-bond donors (Lipinski definition) is 2. The summed E-state index contributed by atoms with van der Waals surface area (Å²) in [5, 5.41) is 0.646. The highest BCUT2D eigenvalue weighted by Gasteiger charge is 2.34. The highest BCUT2D eigenvalue weighted by molar-refractivity contribution is 7.98. The number of halogens is 1. The predicted molar refractivity (Wildman–Crippen MR) is 109 cm³/mol. The Morgan fingerprint density at radius 3 is 2.59 bits per heavy atom. The van der Waals surface area contributed by atoms with Crippen molar-refractivity contribution < 1.29 is 13.9 Å². The summed E-state index contributed by atoms with van der Waals surface area (Å²) in [5.41, 5.74) is 8.38. The third-order valence-corrected chi connectivity index (χ3v) is 5.36. The van der Waals surface area contributed by atoms with Crippen molar-refractivity contribution in [2.45, 2.75) is 18.4 Å². The zero-order valence-corrected chi connectivity index (χ0v) is 17.0. The van der Waals surface area contributed by atoms with Gasteiger partial charge in [-0.25, -0.2) is 19.3 Å². The minimum atomic E-state index is -0.635. The molecule has 0 aliphatic carbocycles. The minimum absolute atomic E-state index is 0.217. The molecule has 1 aliphatic heterocycles. The molecule has 2 aromatic heterocycles. The Labute approximate surface area is 172 Å². The third kappa shape index (κ3) is 4.18. The van der Waals surface area contributed by atoms with Crippen LogP contribution in [0.25, 0.3) is 22.6 Å². The van der Waals surface area contributed by atoms with E-state index >= 15 is 0 Å². The van der Waals surface area contributed by atoms with Crippen molar-refractivity contribution in [3.63, 3.8) is 0 Å². The van der Waals surface area contributed by atoms with Crippen molar-refractivity contribution in [2.75, 3.05) is 26.0 Å². The van der Waals surface area contributed by atoms with Crippen LogP contribution in [-0.2, 0) is 9.47 Å². The van der Waals surface area contributed by atoms with Gasteiger partial charge < -0.3 is 20.2 Å². The Balaban J connectivity index is 1.74. The standard InChI is InChI=1S/C20H22FN5O2S/c1-20(9-22)10-27-18(28-11-20)17-25-15(12-3-5-13(21)6-4-12)16(26-17)14-7-8-23-19(24-14)29-2/h3-8,18H,9-11,22H2,1-2H3,(H,25,26). The highest BCUT2D eigenvalue weighted by Crippen LogP contribution is 2.35. The van der Waals surface area contributed by atoms with Gasteiger partial charge in [0.15, 0.2) is 11.0 Å². The van der Waals surface area contributed by atoms with Crippen LogP contribution in [0.15, 0.2) is 41.7 Å². The number of hydrogen-bond acceptors (Lipinski definition) is 7. The average Bonchev–Trinajstić information content (AvgIpc) is 3.20. The maximum atomic E-state index is 13.4. The van der Waals surface area contributed by atoms with E-state index in [0.717, 1.165) is 5.56 Å². The van der Waals surface area contributed by atoms with Gasteiger partial charge in [-0.1, -0.05) is 18.7 Å². The minimum Gasteiger partial charge on any atom is -0.345 e. The molecule has 9 heteroatoms. The number of H-pyrrole nitrogens is 1. The van der Waals surface area contributed by atoms with Crippen molar-refractivity contribution in [1.29, 1.82) is 0 Å². The summed E-state index contributed by atoms with van der Waals surface area (Å²) >= 11 is 1.45. The Bertz CT molecular complexity index is 987. The average molecular weight is 415 g/mol. The van der Waals surface area contributed by atoms with E-state index in [-0.39, 0.29) is 11.2 Å². The van der Waals surface area contributed by atoms with Crippen LogP contribution in [-0.4, -0.2) is 46.0 Å². The molecule has 1 aromatic carbocycles. The van der Waals surface area contributed by atoms with Crippen LogP contribution in [0.5, 0.6) is 0 Å². The topological polar surface area (TPSA) is 98.9 Å². The van der Waals surface area contributed by atoms with Gasteiger partial charge in [-0.3, -0.25) is 0 Å². The molecule has 1 saturated heterocycles. The molecule has 3 heterocycles. The number of imidazole rings is 1. The van der Waals surface area contributed by atoms with Gasteiger partial charge in [-0.2, -0.15) is 0 Å². The molecule has 3 aromatic rings. The van der Waals surface area contributed by atoms with Crippen LogP contribution in [0.2, 0.25) is 0 Å². The van der Waals surface area contributed by atoms with Crippen molar-refractivity contribution in [3.05, 3.63) is 48.2 Å². The summed E-state index contributed by atoms with van der Waals surface area (Å²) in [7, 11) is 0. The maximum Gasteiger partial charge on any atom is 0.217 e. The Morgan fingerprint density at radius 2 is 1.93 bits per heavy atom. The van der Waals surface area contributed by atoms with E-state index in [2.05, 4.69) is 15.0 Å². The van der Waals surface area contributed by atoms with Crippen molar-refractivity contribution in [2.24, 2.45) is 11.1 Å². The second-order valence-corrected chi connectivity index (χ2v) is 8.02. The summed E-state index contributed by atoms with van der Waals surface area (Å²) in [6.45, 7) is 3.44. The van der Waals surface area contributed by atoms with Gasteiger partial charge in [-0.05, 0) is 36.6 Å². The first-order valence-electron chi connectivity index (χ1n) is 9.18. The first-order chi connectivity index (χ1) is 14.0. The zero-order valence-electron chi connectivity index (χ0n) is 16.2. The van der Waals surface area contributed by atoms with Gasteiger partial charge in [0.1, 0.15) is 5.82 Å². The molecule has 0 saturated carbocycles. The van der Waals surface area contributed by atoms with Crippen LogP contribution in [0.4, 0.5) is 4.39 Å². The maximum absolute atomic E-state index is 13.4. The number of nitrogens with two attached hydrogens (primary N) is 1. The molecule has 0 spiro atoms. The molecule has 3 N–H and O–H groups in total. The SMILES string of the molecule is CSc1nccc(-c2[nH]c(C3OCC(C)(CN)CO3)nc2-c2ccc(F)cc2)n1. The van der Waals surface area contributed by atoms with Crippen LogP contribution in [0, 0.1) is 11.2 Å². The van der Waals surface area contributed by atoms with E-state index < -0.39 is 6.29 Å². The Hall–Kier alpha value is -2.33. The number of nitrogens with zero attached hydrogens (tertiary/aromatic N) is 3. The smallest absolute Gasteiger partial charge is 0.217 e. The lowest BCUT2D eigenvalue weighted by molar-refractivity contribution is -0.231. The molecule has 0 amide bonds. The summed E-state index contributed by atoms with van der Waals surface area (Å²) in [5.74, 6) is 0.223. The fourth-order valence-corrected chi connectivity index (χ4v) is 3.36. The lowest BCUT2D eigenvalue weighted by Gasteiger charge is -2.35. The normalized spacial score (nSPS) is 22.0. The van der Waals surface area contributed by atoms with Crippen molar-refractivity contribution in [3.8, 4) is 22.6 Å². The molecule has 1 aliphatic rings. The number of benzene rings is 1. The van der Waals surface area contributed by atoms with Crippen LogP contribution in [0.3, 0.4) is 0 Å². The summed E-state index contributed by atoms with van der Waals surface area (Å²) in [4.78, 5) is 16.8. The van der Waals surface area contributed by atoms with Gasteiger partial charge in [-0.15, -0.1) is 0 Å². The number of thioether (sulfide) groups is 1. The second kappa shape index (κ2) is 8.19. The summed E-state index contributed by atoms with van der Waals surface area (Å²) < 4.78 is 25.2. The molecule has 29 heavy (non-hydrogen) atoms. The molecule has 7 nitrogen and oxygen atoms in total. The van der Waals surface area contributed by atoms with Gasteiger partial charge >= 0.3 is 0 Å². The van der Waals surface area contributed by atoms with E-state index in [4.69, 9.17) is 20.2 Å². The molecule has 0 unspecified atom stereocenters. The van der Waals surface area contributed by atoms with Gasteiger partial charge in [0, 0.05) is 23.7 Å². The molecule has 152 valence electrons. The molecule has 0 radical (unpaired) electrons. The van der Waals surface area contributed by atoms with E-state index in [1.807, 2.05) is 13.2 Å². The number of aromatic nitrogens is 4. The number of nitrogens with one attached hydrogen (secondary N) is 1. The van der Waals surface area contributed by atoms with Crippen LogP contribution < -0.4 is 5.73 Å². The lowest BCUT2D eigenvalue weighted by atomic mass is 9.93. The molecule has 0 atom stereocenters. The van der Waals surface area contributed by atoms with E-state index in [1.165, 1.54) is 23.9 Å². The quantitative estimate of drug-likeness (QED) is 0.487.